The fraction of sp³-hybridized carbons (Fsp3) is 0.381. The number of ether oxygens (including phenoxy) is 1. The summed E-state index contributed by atoms with van der Waals surface area (Å²) in [5.41, 5.74) is 0.884. The molecule has 0 unspecified atom stereocenters. The second-order valence-electron chi connectivity index (χ2n) is 6.77. The van der Waals surface area contributed by atoms with E-state index in [4.69, 9.17) is 4.74 Å². The molecule has 0 aliphatic heterocycles. The van der Waals surface area contributed by atoms with Gasteiger partial charge in [-0.1, -0.05) is 43.7 Å². The fourth-order valence-corrected chi connectivity index (χ4v) is 4.03. The maximum atomic E-state index is 12.6. The van der Waals surface area contributed by atoms with Gasteiger partial charge in [-0.3, -0.25) is 4.79 Å². The molecular weight excluding hydrogens is 376 g/mol. The van der Waals surface area contributed by atoms with Crippen molar-refractivity contribution < 1.29 is 17.9 Å². The van der Waals surface area contributed by atoms with Crippen LogP contribution in [0.2, 0.25) is 0 Å². The summed E-state index contributed by atoms with van der Waals surface area (Å²) in [6.07, 6.45) is 1.90. The van der Waals surface area contributed by atoms with E-state index in [0.717, 1.165) is 18.4 Å². The molecule has 0 aliphatic rings. The first kappa shape index (κ1) is 21.9. The number of carbonyl (C=O) groups excluding carboxylic acids is 1. The number of sulfonamides is 1. The van der Waals surface area contributed by atoms with Crippen molar-refractivity contribution in [2.24, 2.45) is 0 Å². The molecule has 2 N–H and O–H groups in total. The van der Waals surface area contributed by atoms with Gasteiger partial charge in [0, 0.05) is 12.1 Å². The van der Waals surface area contributed by atoms with Gasteiger partial charge in [0.25, 0.3) is 5.91 Å². The summed E-state index contributed by atoms with van der Waals surface area (Å²) in [6, 6.07) is 15.1. The zero-order chi connectivity index (χ0) is 20.6. The SMILES string of the molecule is CCC[C@H](C)NC(=O)COc1ccc(S(=O)(=O)N[C@@H](C)c2ccccc2)cc1. The number of rotatable bonds is 10. The molecule has 0 saturated carbocycles. The quantitative estimate of drug-likeness (QED) is 0.636. The maximum Gasteiger partial charge on any atom is 0.258 e. The summed E-state index contributed by atoms with van der Waals surface area (Å²) in [7, 11) is -3.66. The van der Waals surface area contributed by atoms with Gasteiger partial charge >= 0.3 is 0 Å². The van der Waals surface area contributed by atoms with E-state index in [1.807, 2.05) is 37.3 Å². The fourth-order valence-electron chi connectivity index (χ4n) is 2.80. The predicted molar refractivity (Wildman–Crippen MR) is 110 cm³/mol. The molecule has 152 valence electrons. The number of carbonyl (C=O) groups is 1. The van der Waals surface area contributed by atoms with Crippen molar-refractivity contribution in [2.75, 3.05) is 6.61 Å². The van der Waals surface area contributed by atoms with E-state index in [-0.39, 0.29) is 29.5 Å². The van der Waals surface area contributed by atoms with Crippen molar-refractivity contribution in [3.05, 3.63) is 60.2 Å². The summed E-state index contributed by atoms with van der Waals surface area (Å²) in [6.45, 7) is 5.70. The summed E-state index contributed by atoms with van der Waals surface area (Å²) >= 11 is 0. The topological polar surface area (TPSA) is 84.5 Å². The number of nitrogens with one attached hydrogen (secondary N) is 2. The Morgan fingerprint density at radius 1 is 1.04 bits per heavy atom. The van der Waals surface area contributed by atoms with Gasteiger partial charge in [-0.2, -0.15) is 0 Å². The summed E-state index contributed by atoms with van der Waals surface area (Å²) < 4.78 is 33.2. The maximum absolute atomic E-state index is 12.6. The van der Waals surface area contributed by atoms with E-state index in [9.17, 15) is 13.2 Å². The minimum atomic E-state index is -3.66. The van der Waals surface area contributed by atoms with Crippen LogP contribution in [0.5, 0.6) is 5.75 Å². The molecule has 0 spiro atoms. The standard InChI is InChI=1S/C21H28N2O4S/c1-4-8-16(2)22-21(24)15-27-19-11-13-20(14-12-19)28(25,26)23-17(3)18-9-6-5-7-10-18/h5-7,9-14,16-17,23H,4,8,15H2,1-3H3,(H,22,24)/t16-,17-/m0/s1. The van der Waals surface area contributed by atoms with Crippen molar-refractivity contribution in [3.63, 3.8) is 0 Å². The molecule has 0 fully saturated rings. The third-order valence-corrected chi connectivity index (χ3v) is 5.82. The largest absolute Gasteiger partial charge is 0.484 e. The predicted octanol–water partition coefficient (Wildman–Crippen LogP) is 3.41. The first-order valence-electron chi connectivity index (χ1n) is 9.41. The molecule has 6 nitrogen and oxygen atoms in total. The van der Waals surface area contributed by atoms with Gasteiger partial charge in [0.15, 0.2) is 6.61 Å². The van der Waals surface area contributed by atoms with Gasteiger partial charge in [-0.05, 0) is 50.1 Å². The van der Waals surface area contributed by atoms with Gasteiger partial charge in [0.1, 0.15) is 5.75 Å². The van der Waals surface area contributed by atoms with Gasteiger partial charge in [-0.25, -0.2) is 13.1 Å². The molecule has 1 amide bonds. The van der Waals surface area contributed by atoms with Crippen molar-refractivity contribution in [1.82, 2.24) is 10.0 Å². The highest BCUT2D eigenvalue weighted by Crippen LogP contribution is 2.19. The van der Waals surface area contributed by atoms with Crippen LogP contribution in [0.1, 0.15) is 45.2 Å². The monoisotopic (exact) mass is 404 g/mol. The highest BCUT2D eigenvalue weighted by atomic mass is 32.2. The minimum Gasteiger partial charge on any atom is -0.484 e. The Morgan fingerprint density at radius 3 is 2.29 bits per heavy atom. The lowest BCUT2D eigenvalue weighted by atomic mass is 10.1. The Morgan fingerprint density at radius 2 is 1.68 bits per heavy atom. The van der Waals surface area contributed by atoms with E-state index >= 15 is 0 Å². The van der Waals surface area contributed by atoms with Crippen LogP contribution in [0.3, 0.4) is 0 Å². The van der Waals surface area contributed by atoms with Crippen molar-refractivity contribution >= 4 is 15.9 Å². The smallest absolute Gasteiger partial charge is 0.258 e. The number of hydrogen-bond acceptors (Lipinski definition) is 4. The lowest BCUT2D eigenvalue weighted by Crippen LogP contribution is -2.35. The van der Waals surface area contributed by atoms with Crippen LogP contribution < -0.4 is 14.8 Å². The molecule has 0 heterocycles. The Kier molecular flexibility index (Phi) is 8.02. The summed E-state index contributed by atoms with van der Waals surface area (Å²) in [4.78, 5) is 12.0. The third-order valence-electron chi connectivity index (χ3n) is 4.26. The van der Waals surface area contributed by atoms with Gasteiger partial charge in [0.05, 0.1) is 4.90 Å². The normalized spacial score (nSPS) is 13.5. The average molecular weight is 405 g/mol. The van der Waals surface area contributed by atoms with E-state index in [1.165, 1.54) is 12.1 Å². The molecule has 0 aromatic heterocycles. The second-order valence-corrected chi connectivity index (χ2v) is 8.48. The molecular formula is C21H28N2O4S. The summed E-state index contributed by atoms with van der Waals surface area (Å²) in [5.74, 6) is 0.240. The molecule has 2 aromatic carbocycles. The number of amides is 1. The molecule has 2 aromatic rings. The van der Waals surface area contributed by atoms with Crippen LogP contribution in [0.4, 0.5) is 0 Å². The van der Waals surface area contributed by atoms with Crippen LogP contribution in [0, 0.1) is 0 Å². The van der Waals surface area contributed by atoms with E-state index in [0.29, 0.717) is 5.75 Å². The second kappa shape index (κ2) is 10.2. The minimum absolute atomic E-state index is 0.103. The average Bonchev–Trinajstić information content (AvgIpc) is 2.67. The highest BCUT2D eigenvalue weighted by molar-refractivity contribution is 7.89. The van der Waals surface area contributed by atoms with Gasteiger partial charge in [-0.15, -0.1) is 0 Å². The van der Waals surface area contributed by atoms with Crippen LogP contribution in [0.25, 0.3) is 0 Å². The molecule has 2 rings (SSSR count). The molecule has 0 bridgehead atoms. The van der Waals surface area contributed by atoms with Crippen molar-refractivity contribution in [2.45, 2.75) is 50.6 Å². The zero-order valence-corrected chi connectivity index (χ0v) is 17.3. The van der Waals surface area contributed by atoms with Gasteiger partial charge < -0.3 is 10.1 Å². The first-order chi connectivity index (χ1) is 13.3. The summed E-state index contributed by atoms with van der Waals surface area (Å²) in [5, 5.41) is 2.85. The van der Waals surface area contributed by atoms with E-state index in [2.05, 4.69) is 17.0 Å². The third kappa shape index (κ3) is 6.65. The Balaban J connectivity index is 1.93. The van der Waals surface area contributed by atoms with E-state index in [1.54, 1.807) is 19.1 Å². The molecule has 0 radical (unpaired) electrons. The zero-order valence-electron chi connectivity index (χ0n) is 16.5. The lowest BCUT2D eigenvalue weighted by Gasteiger charge is -2.15. The van der Waals surface area contributed by atoms with Crippen LogP contribution >= 0.6 is 0 Å². The van der Waals surface area contributed by atoms with Crippen LogP contribution in [0.15, 0.2) is 59.5 Å². The molecule has 28 heavy (non-hydrogen) atoms. The molecule has 0 saturated heterocycles. The van der Waals surface area contributed by atoms with E-state index < -0.39 is 10.0 Å². The van der Waals surface area contributed by atoms with Crippen molar-refractivity contribution in [3.8, 4) is 5.75 Å². The Bertz CT molecular complexity index is 852. The Hall–Kier alpha value is -2.38. The first-order valence-corrected chi connectivity index (χ1v) is 10.9. The van der Waals surface area contributed by atoms with Crippen molar-refractivity contribution in [1.29, 1.82) is 0 Å². The van der Waals surface area contributed by atoms with Crippen LogP contribution in [-0.2, 0) is 14.8 Å². The number of benzene rings is 2. The Labute approximate surface area is 167 Å². The highest BCUT2D eigenvalue weighted by Gasteiger charge is 2.18. The molecule has 0 aliphatic carbocycles. The number of hydrogen-bond donors (Lipinski definition) is 2. The van der Waals surface area contributed by atoms with Crippen LogP contribution in [-0.4, -0.2) is 27.0 Å². The molecule has 2 atom stereocenters. The molecule has 7 heteroatoms. The van der Waals surface area contributed by atoms with Gasteiger partial charge in [0.2, 0.25) is 10.0 Å². The lowest BCUT2D eigenvalue weighted by molar-refractivity contribution is -0.123.